The fraction of sp³-hybridized carbons (Fsp3) is 0.400. The first-order chi connectivity index (χ1) is 9.20. The molecule has 100 valence electrons. The van der Waals surface area contributed by atoms with Gasteiger partial charge in [0.05, 0.1) is 12.2 Å². The Labute approximate surface area is 127 Å². The van der Waals surface area contributed by atoms with Gasteiger partial charge in [0, 0.05) is 27.9 Å². The first-order valence-corrected chi connectivity index (χ1v) is 7.79. The van der Waals surface area contributed by atoms with E-state index in [-0.39, 0.29) is 0 Å². The van der Waals surface area contributed by atoms with Gasteiger partial charge in [-0.2, -0.15) is 5.10 Å². The molecule has 3 nitrogen and oxygen atoms in total. The van der Waals surface area contributed by atoms with E-state index in [4.69, 9.17) is 0 Å². The number of rotatable bonds is 5. The summed E-state index contributed by atoms with van der Waals surface area (Å²) < 4.78 is 3.31. The van der Waals surface area contributed by atoms with Crippen LogP contribution in [-0.2, 0) is 13.1 Å². The van der Waals surface area contributed by atoms with Crippen molar-refractivity contribution in [2.45, 2.75) is 38.9 Å². The van der Waals surface area contributed by atoms with Crippen molar-refractivity contribution >= 4 is 22.6 Å². The van der Waals surface area contributed by atoms with E-state index >= 15 is 0 Å². The Morgan fingerprint density at radius 2 is 2.05 bits per heavy atom. The quantitative estimate of drug-likeness (QED) is 0.824. The van der Waals surface area contributed by atoms with Gasteiger partial charge in [-0.1, -0.05) is 12.1 Å². The number of benzene rings is 1. The zero-order valence-corrected chi connectivity index (χ0v) is 13.2. The van der Waals surface area contributed by atoms with Gasteiger partial charge in [-0.25, -0.2) is 0 Å². The molecule has 0 atom stereocenters. The molecule has 1 saturated carbocycles. The number of nitrogens with one attached hydrogen (secondary N) is 1. The normalized spacial score (nSPS) is 14.8. The van der Waals surface area contributed by atoms with E-state index in [1.807, 2.05) is 4.68 Å². The monoisotopic (exact) mass is 367 g/mol. The zero-order chi connectivity index (χ0) is 13.2. The van der Waals surface area contributed by atoms with Gasteiger partial charge in [-0.05, 0) is 60.1 Å². The summed E-state index contributed by atoms with van der Waals surface area (Å²) in [6, 6.07) is 9.37. The predicted octanol–water partition coefficient (Wildman–Crippen LogP) is 3.10. The molecule has 0 amide bonds. The Hall–Kier alpha value is -0.880. The van der Waals surface area contributed by atoms with Crippen LogP contribution in [0.25, 0.3) is 0 Å². The van der Waals surface area contributed by atoms with E-state index in [1.165, 1.54) is 27.5 Å². The highest BCUT2D eigenvalue weighted by atomic mass is 127. The average molecular weight is 367 g/mol. The summed E-state index contributed by atoms with van der Waals surface area (Å²) in [6.45, 7) is 3.89. The summed E-state index contributed by atoms with van der Waals surface area (Å²) in [5.74, 6) is 0. The summed E-state index contributed by atoms with van der Waals surface area (Å²) >= 11 is 2.33. The van der Waals surface area contributed by atoms with Crippen LogP contribution in [0.1, 0.15) is 29.7 Å². The number of aryl methyl sites for hydroxylation is 1. The molecule has 1 aliphatic carbocycles. The molecule has 1 aromatic carbocycles. The lowest BCUT2D eigenvalue weighted by Gasteiger charge is -2.02. The Kier molecular flexibility index (Phi) is 3.88. The van der Waals surface area contributed by atoms with Crippen LogP contribution in [0.3, 0.4) is 0 Å². The Morgan fingerprint density at radius 1 is 1.32 bits per heavy atom. The number of hydrogen-bond donors (Lipinski definition) is 1. The van der Waals surface area contributed by atoms with Gasteiger partial charge in [0.2, 0.25) is 0 Å². The Bertz CT molecular complexity index is 555. The summed E-state index contributed by atoms with van der Waals surface area (Å²) in [6.07, 6.45) is 4.83. The molecule has 3 rings (SSSR count). The molecule has 1 aromatic heterocycles. The van der Waals surface area contributed by atoms with Gasteiger partial charge in [-0.3, -0.25) is 4.68 Å². The highest BCUT2D eigenvalue weighted by Gasteiger charge is 2.20. The Morgan fingerprint density at radius 3 is 2.74 bits per heavy atom. The number of nitrogens with zero attached hydrogens (tertiary/aromatic N) is 2. The van der Waals surface area contributed by atoms with Crippen LogP contribution in [0.2, 0.25) is 0 Å². The third kappa shape index (κ3) is 3.57. The van der Waals surface area contributed by atoms with Gasteiger partial charge < -0.3 is 5.32 Å². The van der Waals surface area contributed by atoms with Crippen LogP contribution in [0.5, 0.6) is 0 Å². The van der Waals surface area contributed by atoms with Crippen LogP contribution in [-0.4, -0.2) is 15.8 Å². The summed E-state index contributed by atoms with van der Waals surface area (Å²) in [5.41, 5.74) is 3.75. The first kappa shape index (κ1) is 13.1. The Balaban J connectivity index is 1.66. The van der Waals surface area contributed by atoms with Crippen LogP contribution in [0.15, 0.2) is 30.5 Å². The van der Waals surface area contributed by atoms with E-state index in [0.717, 1.165) is 24.8 Å². The van der Waals surface area contributed by atoms with Crippen molar-refractivity contribution in [2.24, 2.45) is 0 Å². The predicted molar refractivity (Wildman–Crippen MR) is 85.1 cm³/mol. The van der Waals surface area contributed by atoms with Crippen molar-refractivity contribution in [2.75, 3.05) is 0 Å². The SMILES string of the molecule is Cc1nn(Cc2ccc(I)cc2)cc1CNC1CC1. The molecule has 1 N–H and O–H groups in total. The van der Waals surface area contributed by atoms with E-state index in [0.29, 0.717) is 0 Å². The van der Waals surface area contributed by atoms with E-state index in [1.54, 1.807) is 0 Å². The van der Waals surface area contributed by atoms with Gasteiger partial charge in [0.15, 0.2) is 0 Å². The molecule has 2 aromatic rings. The smallest absolute Gasteiger partial charge is 0.0659 e. The molecule has 0 radical (unpaired) electrons. The fourth-order valence-corrected chi connectivity index (χ4v) is 2.49. The second kappa shape index (κ2) is 5.63. The minimum Gasteiger partial charge on any atom is -0.310 e. The largest absolute Gasteiger partial charge is 0.310 e. The van der Waals surface area contributed by atoms with Gasteiger partial charge >= 0.3 is 0 Å². The summed E-state index contributed by atoms with van der Waals surface area (Å²) in [7, 11) is 0. The van der Waals surface area contributed by atoms with Crippen molar-refractivity contribution < 1.29 is 0 Å². The fourth-order valence-electron chi connectivity index (χ4n) is 2.13. The molecule has 0 unspecified atom stereocenters. The first-order valence-electron chi connectivity index (χ1n) is 6.71. The topological polar surface area (TPSA) is 29.9 Å². The molecular weight excluding hydrogens is 349 g/mol. The van der Waals surface area contributed by atoms with Crippen LogP contribution in [0, 0.1) is 10.5 Å². The van der Waals surface area contributed by atoms with Gasteiger partial charge in [-0.15, -0.1) is 0 Å². The van der Waals surface area contributed by atoms with E-state index in [9.17, 15) is 0 Å². The molecule has 1 aliphatic rings. The summed E-state index contributed by atoms with van der Waals surface area (Å²) in [4.78, 5) is 0. The molecule has 0 spiro atoms. The third-order valence-corrected chi connectivity index (χ3v) is 4.18. The minimum atomic E-state index is 0.749. The second-order valence-electron chi connectivity index (χ2n) is 5.22. The molecule has 0 aliphatic heterocycles. The number of aromatic nitrogens is 2. The average Bonchev–Trinajstić information content (AvgIpc) is 3.15. The minimum absolute atomic E-state index is 0.749. The molecule has 1 heterocycles. The van der Waals surface area contributed by atoms with Crippen molar-refractivity contribution in [3.63, 3.8) is 0 Å². The zero-order valence-electron chi connectivity index (χ0n) is 11.1. The standard InChI is InChI=1S/C15H18IN3/c1-11-13(8-17-15-6-7-15)10-19(18-11)9-12-2-4-14(16)5-3-12/h2-5,10,15,17H,6-9H2,1H3. The number of halogens is 1. The molecule has 19 heavy (non-hydrogen) atoms. The second-order valence-corrected chi connectivity index (χ2v) is 6.46. The molecule has 1 fully saturated rings. The van der Waals surface area contributed by atoms with Crippen molar-refractivity contribution in [1.29, 1.82) is 0 Å². The third-order valence-electron chi connectivity index (χ3n) is 3.46. The lowest BCUT2D eigenvalue weighted by molar-refractivity contribution is 0.674. The van der Waals surface area contributed by atoms with Crippen molar-refractivity contribution in [3.8, 4) is 0 Å². The van der Waals surface area contributed by atoms with Crippen molar-refractivity contribution in [1.82, 2.24) is 15.1 Å². The highest BCUT2D eigenvalue weighted by Crippen LogP contribution is 2.19. The maximum atomic E-state index is 4.60. The van der Waals surface area contributed by atoms with Crippen LogP contribution in [0.4, 0.5) is 0 Å². The molecule has 0 saturated heterocycles. The number of hydrogen-bond acceptors (Lipinski definition) is 2. The molecule has 4 heteroatoms. The lowest BCUT2D eigenvalue weighted by Crippen LogP contribution is -2.15. The van der Waals surface area contributed by atoms with Crippen molar-refractivity contribution in [3.05, 3.63) is 50.9 Å². The van der Waals surface area contributed by atoms with E-state index in [2.05, 4.69) is 70.4 Å². The van der Waals surface area contributed by atoms with Crippen LogP contribution < -0.4 is 5.32 Å². The highest BCUT2D eigenvalue weighted by molar-refractivity contribution is 14.1. The maximum absolute atomic E-state index is 4.60. The van der Waals surface area contributed by atoms with Crippen LogP contribution >= 0.6 is 22.6 Å². The molecular formula is C15H18IN3. The van der Waals surface area contributed by atoms with E-state index < -0.39 is 0 Å². The summed E-state index contributed by atoms with van der Waals surface area (Å²) in [5, 5.41) is 8.15. The maximum Gasteiger partial charge on any atom is 0.0659 e. The van der Waals surface area contributed by atoms with Gasteiger partial charge in [0.1, 0.15) is 0 Å². The lowest BCUT2D eigenvalue weighted by atomic mass is 10.2. The molecule has 0 bridgehead atoms. The van der Waals surface area contributed by atoms with Gasteiger partial charge in [0.25, 0.3) is 0 Å².